The van der Waals surface area contributed by atoms with Crippen molar-refractivity contribution >= 4 is 23.4 Å². The Kier molecular flexibility index (Phi) is 8.67. The summed E-state index contributed by atoms with van der Waals surface area (Å²) in [4.78, 5) is 27.9. The first kappa shape index (κ1) is 20.5. The predicted molar refractivity (Wildman–Crippen MR) is 99.5 cm³/mol. The fraction of sp³-hybridized carbons (Fsp3) is 0.556. The van der Waals surface area contributed by atoms with Gasteiger partial charge in [-0.15, -0.1) is 0 Å². The molecule has 0 unspecified atom stereocenters. The normalized spacial score (nSPS) is 14.9. The van der Waals surface area contributed by atoms with Crippen LogP contribution in [0.3, 0.4) is 0 Å². The first-order chi connectivity index (χ1) is 12.6. The van der Waals surface area contributed by atoms with Crippen LogP contribution in [0.4, 0.5) is 0 Å². The van der Waals surface area contributed by atoms with Gasteiger partial charge < -0.3 is 19.7 Å². The lowest BCUT2D eigenvalue weighted by Gasteiger charge is -2.34. The Morgan fingerprint density at radius 2 is 1.85 bits per heavy atom. The fourth-order valence-electron chi connectivity index (χ4n) is 2.63. The summed E-state index contributed by atoms with van der Waals surface area (Å²) in [6.07, 6.45) is 0.804. The summed E-state index contributed by atoms with van der Waals surface area (Å²) in [6, 6.07) is 6.92. The molecular formula is C18H26ClN3O4. The Balaban J connectivity index is 1.63. The molecule has 1 aliphatic rings. The van der Waals surface area contributed by atoms with Gasteiger partial charge in [0.05, 0.1) is 6.54 Å². The molecule has 0 spiro atoms. The molecule has 26 heavy (non-hydrogen) atoms. The van der Waals surface area contributed by atoms with E-state index in [9.17, 15) is 9.59 Å². The summed E-state index contributed by atoms with van der Waals surface area (Å²) >= 11 is 5.82. The van der Waals surface area contributed by atoms with Crippen LogP contribution in [0.1, 0.15) is 6.42 Å². The van der Waals surface area contributed by atoms with E-state index in [0.29, 0.717) is 56.6 Å². The maximum absolute atomic E-state index is 12.2. The summed E-state index contributed by atoms with van der Waals surface area (Å²) in [5, 5.41) is 3.50. The van der Waals surface area contributed by atoms with Gasteiger partial charge in [0.15, 0.2) is 6.61 Å². The highest BCUT2D eigenvalue weighted by molar-refractivity contribution is 6.30. The van der Waals surface area contributed by atoms with Crippen molar-refractivity contribution in [2.24, 2.45) is 0 Å². The van der Waals surface area contributed by atoms with Crippen molar-refractivity contribution in [3.63, 3.8) is 0 Å². The van der Waals surface area contributed by atoms with Crippen molar-refractivity contribution in [1.82, 2.24) is 15.1 Å². The number of halogens is 1. The lowest BCUT2D eigenvalue weighted by molar-refractivity contribution is -0.135. The molecule has 0 aromatic heterocycles. The van der Waals surface area contributed by atoms with Crippen LogP contribution in [-0.2, 0) is 14.3 Å². The van der Waals surface area contributed by atoms with Gasteiger partial charge in [-0.25, -0.2) is 0 Å². The van der Waals surface area contributed by atoms with Gasteiger partial charge in [-0.2, -0.15) is 0 Å². The molecule has 0 aliphatic carbocycles. The quantitative estimate of drug-likeness (QED) is 0.644. The highest BCUT2D eigenvalue weighted by atomic mass is 35.5. The molecular weight excluding hydrogens is 358 g/mol. The third kappa shape index (κ3) is 7.19. The number of methoxy groups -OCH3 is 1. The van der Waals surface area contributed by atoms with Crippen LogP contribution < -0.4 is 10.1 Å². The lowest BCUT2D eigenvalue weighted by Crippen LogP contribution is -2.52. The van der Waals surface area contributed by atoms with E-state index in [1.807, 2.05) is 0 Å². The number of ether oxygens (including phenoxy) is 2. The molecule has 1 aromatic carbocycles. The Hall–Kier alpha value is -1.83. The van der Waals surface area contributed by atoms with Crippen LogP contribution in [0.15, 0.2) is 24.3 Å². The number of carbonyl (C=O) groups is 2. The number of amides is 2. The monoisotopic (exact) mass is 383 g/mol. The molecule has 0 atom stereocenters. The van der Waals surface area contributed by atoms with E-state index in [-0.39, 0.29) is 18.4 Å². The predicted octanol–water partition coefficient (Wildman–Crippen LogP) is 1.02. The Labute approximate surface area is 159 Å². The zero-order valence-corrected chi connectivity index (χ0v) is 15.8. The first-order valence-corrected chi connectivity index (χ1v) is 9.10. The van der Waals surface area contributed by atoms with E-state index in [4.69, 9.17) is 21.1 Å². The van der Waals surface area contributed by atoms with Crippen LogP contribution in [0.5, 0.6) is 5.75 Å². The molecule has 1 saturated heterocycles. The Bertz CT molecular complexity index is 574. The number of nitrogens with one attached hydrogen (secondary N) is 1. The van der Waals surface area contributed by atoms with Gasteiger partial charge in [0.2, 0.25) is 5.91 Å². The molecule has 2 rings (SSSR count). The standard InChI is InChI=1S/C18H26ClN3O4/c1-25-12-2-7-20-17(23)13-21-8-10-22(11-9-21)18(24)14-26-16-5-3-15(19)4-6-16/h3-6H,2,7-14H2,1H3,(H,20,23). The molecule has 0 bridgehead atoms. The van der Waals surface area contributed by atoms with Crippen molar-refractivity contribution in [2.45, 2.75) is 6.42 Å². The number of carbonyl (C=O) groups excluding carboxylic acids is 2. The van der Waals surface area contributed by atoms with Gasteiger partial charge in [-0.3, -0.25) is 14.5 Å². The van der Waals surface area contributed by atoms with Crippen molar-refractivity contribution in [3.05, 3.63) is 29.3 Å². The van der Waals surface area contributed by atoms with Crippen molar-refractivity contribution in [3.8, 4) is 5.75 Å². The van der Waals surface area contributed by atoms with E-state index < -0.39 is 0 Å². The molecule has 1 aromatic rings. The summed E-state index contributed by atoms with van der Waals surface area (Å²) in [5.41, 5.74) is 0. The molecule has 7 nitrogen and oxygen atoms in total. The molecule has 1 fully saturated rings. The van der Waals surface area contributed by atoms with Crippen LogP contribution in [0.25, 0.3) is 0 Å². The number of hydrogen-bond acceptors (Lipinski definition) is 5. The summed E-state index contributed by atoms with van der Waals surface area (Å²) in [5.74, 6) is 0.571. The minimum absolute atomic E-state index is 0.00161. The van der Waals surface area contributed by atoms with Crippen molar-refractivity contribution < 1.29 is 19.1 Å². The third-order valence-corrected chi connectivity index (χ3v) is 4.37. The van der Waals surface area contributed by atoms with E-state index in [1.165, 1.54) is 0 Å². The first-order valence-electron chi connectivity index (χ1n) is 8.72. The zero-order chi connectivity index (χ0) is 18.8. The zero-order valence-electron chi connectivity index (χ0n) is 15.1. The van der Waals surface area contributed by atoms with E-state index in [0.717, 1.165) is 6.42 Å². The second-order valence-electron chi connectivity index (χ2n) is 6.10. The van der Waals surface area contributed by atoms with Crippen LogP contribution in [0, 0.1) is 0 Å². The number of piperazine rings is 1. The van der Waals surface area contributed by atoms with Gasteiger partial charge in [0.1, 0.15) is 5.75 Å². The maximum Gasteiger partial charge on any atom is 0.260 e. The lowest BCUT2D eigenvalue weighted by atomic mass is 10.3. The van der Waals surface area contributed by atoms with Gasteiger partial charge in [-0.1, -0.05) is 11.6 Å². The molecule has 0 radical (unpaired) electrons. The molecule has 0 saturated carbocycles. The average Bonchev–Trinajstić information content (AvgIpc) is 2.65. The maximum atomic E-state index is 12.2. The smallest absolute Gasteiger partial charge is 0.260 e. The van der Waals surface area contributed by atoms with E-state index >= 15 is 0 Å². The fourth-order valence-corrected chi connectivity index (χ4v) is 2.75. The molecule has 1 aliphatic heterocycles. The van der Waals surface area contributed by atoms with Gasteiger partial charge in [0.25, 0.3) is 5.91 Å². The van der Waals surface area contributed by atoms with Crippen molar-refractivity contribution in [2.75, 3.05) is 59.6 Å². The number of benzene rings is 1. The van der Waals surface area contributed by atoms with E-state index in [2.05, 4.69) is 10.2 Å². The summed E-state index contributed by atoms with van der Waals surface area (Å²) in [6.45, 7) is 4.17. The average molecular weight is 384 g/mol. The van der Waals surface area contributed by atoms with Crippen LogP contribution in [0.2, 0.25) is 5.02 Å². The minimum Gasteiger partial charge on any atom is -0.484 e. The minimum atomic E-state index is -0.0522. The molecule has 1 heterocycles. The van der Waals surface area contributed by atoms with Gasteiger partial charge >= 0.3 is 0 Å². The molecule has 1 N–H and O–H groups in total. The summed E-state index contributed by atoms with van der Waals surface area (Å²) < 4.78 is 10.4. The van der Waals surface area contributed by atoms with Crippen LogP contribution >= 0.6 is 11.6 Å². The topological polar surface area (TPSA) is 71.1 Å². The van der Waals surface area contributed by atoms with E-state index in [1.54, 1.807) is 36.3 Å². The number of hydrogen-bond donors (Lipinski definition) is 1. The Morgan fingerprint density at radius 1 is 1.15 bits per heavy atom. The van der Waals surface area contributed by atoms with Crippen molar-refractivity contribution in [1.29, 1.82) is 0 Å². The SMILES string of the molecule is COCCCNC(=O)CN1CCN(C(=O)COc2ccc(Cl)cc2)CC1. The number of rotatable bonds is 9. The van der Waals surface area contributed by atoms with Gasteiger partial charge in [-0.05, 0) is 30.7 Å². The third-order valence-electron chi connectivity index (χ3n) is 4.12. The highest BCUT2D eigenvalue weighted by Crippen LogP contribution is 2.15. The molecule has 2 amide bonds. The van der Waals surface area contributed by atoms with Gasteiger partial charge in [0, 0.05) is 51.5 Å². The second-order valence-corrected chi connectivity index (χ2v) is 6.53. The second kappa shape index (κ2) is 11.0. The number of nitrogens with zero attached hydrogens (tertiary/aromatic N) is 2. The molecule has 8 heteroatoms. The van der Waals surface area contributed by atoms with Crippen LogP contribution in [-0.4, -0.2) is 81.2 Å². The highest BCUT2D eigenvalue weighted by Gasteiger charge is 2.22. The largest absolute Gasteiger partial charge is 0.484 e. The molecule has 144 valence electrons. The Morgan fingerprint density at radius 3 is 2.50 bits per heavy atom. The summed E-state index contributed by atoms with van der Waals surface area (Å²) in [7, 11) is 1.64.